The van der Waals surface area contributed by atoms with Crippen LogP contribution in [0.25, 0.3) is 22.2 Å². The van der Waals surface area contributed by atoms with Gasteiger partial charge in [-0.3, -0.25) is 14.9 Å². The highest BCUT2D eigenvalue weighted by Crippen LogP contribution is 2.33. The molecule has 0 aliphatic rings. The molecular weight excluding hydrogens is 380 g/mol. The topological polar surface area (TPSA) is 99.1 Å². The number of aryl methyl sites for hydroxylation is 1. The number of carbonyl (C=O) groups is 1. The van der Waals surface area contributed by atoms with Crippen LogP contribution in [0.2, 0.25) is 0 Å². The Hall–Kier alpha value is -3.65. The lowest BCUT2D eigenvalue weighted by Gasteiger charge is -2.11. The number of furan rings is 1. The molecule has 4 aromatic rings. The lowest BCUT2D eigenvalue weighted by Crippen LogP contribution is -2.31. The number of aromatic amines is 1. The summed E-state index contributed by atoms with van der Waals surface area (Å²) >= 11 is 0. The molecule has 0 spiro atoms. The van der Waals surface area contributed by atoms with Crippen molar-refractivity contribution in [2.45, 2.75) is 6.92 Å². The van der Waals surface area contributed by atoms with Crippen LogP contribution in [-0.4, -0.2) is 53.2 Å². The molecule has 0 fully saturated rings. The first-order valence-electron chi connectivity index (χ1n) is 9.70. The van der Waals surface area contributed by atoms with Crippen molar-refractivity contribution in [2.24, 2.45) is 0 Å². The molecule has 0 aliphatic carbocycles. The van der Waals surface area contributed by atoms with E-state index >= 15 is 0 Å². The van der Waals surface area contributed by atoms with Crippen LogP contribution in [0.15, 0.2) is 53.3 Å². The quantitative estimate of drug-likeness (QED) is 0.436. The van der Waals surface area contributed by atoms with E-state index < -0.39 is 0 Å². The van der Waals surface area contributed by atoms with Gasteiger partial charge in [-0.2, -0.15) is 5.10 Å². The van der Waals surface area contributed by atoms with Crippen LogP contribution in [0.4, 0.5) is 11.4 Å². The highest BCUT2D eigenvalue weighted by atomic mass is 16.3. The van der Waals surface area contributed by atoms with Crippen LogP contribution in [0.1, 0.15) is 16.1 Å². The average molecular weight is 404 g/mol. The van der Waals surface area contributed by atoms with Crippen molar-refractivity contribution >= 4 is 28.3 Å². The Labute approximate surface area is 174 Å². The van der Waals surface area contributed by atoms with Crippen LogP contribution in [0.3, 0.4) is 0 Å². The summed E-state index contributed by atoms with van der Waals surface area (Å²) < 4.78 is 5.83. The molecule has 3 heterocycles. The van der Waals surface area contributed by atoms with E-state index in [1.54, 1.807) is 18.6 Å². The molecule has 30 heavy (non-hydrogen) atoms. The van der Waals surface area contributed by atoms with Crippen LogP contribution < -0.4 is 10.6 Å². The SMILES string of the molecule is Cc1cn[nH]c1-c1ccc(Nc2c(C(=O)NCCN(C)C)oc3cnccc23)cc1. The van der Waals surface area contributed by atoms with Gasteiger partial charge < -0.3 is 20.0 Å². The van der Waals surface area contributed by atoms with Crippen LogP contribution in [0, 0.1) is 6.92 Å². The Morgan fingerprint density at radius 2 is 1.97 bits per heavy atom. The Balaban J connectivity index is 1.61. The number of pyridine rings is 1. The van der Waals surface area contributed by atoms with E-state index in [9.17, 15) is 4.79 Å². The minimum absolute atomic E-state index is 0.241. The molecule has 3 aromatic heterocycles. The van der Waals surface area contributed by atoms with Gasteiger partial charge in [-0.05, 0) is 50.3 Å². The van der Waals surface area contributed by atoms with Crippen molar-refractivity contribution in [1.82, 2.24) is 25.4 Å². The number of hydrogen-bond acceptors (Lipinski definition) is 6. The molecule has 0 saturated carbocycles. The third-order valence-electron chi connectivity index (χ3n) is 4.82. The molecular formula is C22H24N6O2. The number of likely N-dealkylation sites (N-methyl/N-ethyl adjacent to an activating group) is 1. The molecule has 0 aliphatic heterocycles. The van der Waals surface area contributed by atoms with Gasteiger partial charge in [0.1, 0.15) is 0 Å². The Morgan fingerprint density at radius 1 is 1.17 bits per heavy atom. The van der Waals surface area contributed by atoms with E-state index in [4.69, 9.17) is 4.42 Å². The maximum Gasteiger partial charge on any atom is 0.289 e. The molecule has 0 unspecified atom stereocenters. The number of carbonyl (C=O) groups excluding carboxylic acids is 1. The van der Waals surface area contributed by atoms with Crippen LogP contribution >= 0.6 is 0 Å². The number of nitrogens with zero attached hydrogens (tertiary/aromatic N) is 3. The number of amides is 1. The summed E-state index contributed by atoms with van der Waals surface area (Å²) in [7, 11) is 3.92. The van der Waals surface area contributed by atoms with Gasteiger partial charge in [-0.25, -0.2) is 0 Å². The second-order valence-electron chi connectivity index (χ2n) is 7.37. The van der Waals surface area contributed by atoms with E-state index in [-0.39, 0.29) is 11.7 Å². The van der Waals surface area contributed by atoms with Crippen molar-refractivity contribution in [3.05, 3.63) is 60.2 Å². The first-order valence-corrected chi connectivity index (χ1v) is 9.70. The number of fused-ring (bicyclic) bond motifs is 1. The molecule has 1 aromatic carbocycles. The lowest BCUT2D eigenvalue weighted by molar-refractivity contribution is 0.0926. The molecule has 8 nitrogen and oxygen atoms in total. The lowest BCUT2D eigenvalue weighted by atomic mass is 10.1. The number of rotatable bonds is 7. The monoisotopic (exact) mass is 404 g/mol. The number of nitrogens with one attached hydrogen (secondary N) is 3. The normalized spacial score (nSPS) is 11.2. The molecule has 1 amide bonds. The third kappa shape index (κ3) is 4.04. The number of anilines is 2. The van der Waals surface area contributed by atoms with E-state index in [2.05, 4.69) is 25.8 Å². The van der Waals surface area contributed by atoms with Crippen LogP contribution in [0.5, 0.6) is 0 Å². The molecule has 0 saturated heterocycles. The summed E-state index contributed by atoms with van der Waals surface area (Å²) in [5, 5.41) is 14.1. The highest BCUT2D eigenvalue weighted by Gasteiger charge is 2.21. The van der Waals surface area contributed by atoms with Crippen molar-refractivity contribution in [2.75, 3.05) is 32.5 Å². The van der Waals surface area contributed by atoms with Gasteiger partial charge in [0.05, 0.1) is 23.8 Å². The maximum absolute atomic E-state index is 12.8. The zero-order chi connectivity index (χ0) is 21.1. The van der Waals surface area contributed by atoms with E-state index in [1.165, 1.54) is 0 Å². The number of benzene rings is 1. The Kier molecular flexibility index (Phi) is 5.49. The van der Waals surface area contributed by atoms with Gasteiger partial charge in [0, 0.05) is 30.4 Å². The predicted octanol–water partition coefficient (Wildman–Crippen LogP) is 3.56. The third-order valence-corrected chi connectivity index (χ3v) is 4.82. The Bertz CT molecular complexity index is 1160. The molecule has 0 atom stereocenters. The summed E-state index contributed by atoms with van der Waals surface area (Å²) in [5.74, 6) is -0.0227. The Morgan fingerprint density at radius 3 is 2.67 bits per heavy atom. The fourth-order valence-corrected chi connectivity index (χ4v) is 3.21. The smallest absolute Gasteiger partial charge is 0.289 e. The molecule has 0 bridgehead atoms. The molecule has 4 rings (SSSR count). The molecule has 154 valence electrons. The summed E-state index contributed by atoms with van der Waals surface area (Å²) in [6.45, 7) is 3.28. The van der Waals surface area contributed by atoms with Gasteiger partial charge in [0.15, 0.2) is 5.58 Å². The summed E-state index contributed by atoms with van der Waals surface area (Å²) in [6, 6.07) is 9.76. The summed E-state index contributed by atoms with van der Waals surface area (Å²) in [6.07, 6.45) is 5.09. The van der Waals surface area contributed by atoms with Gasteiger partial charge in [-0.1, -0.05) is 12.1 Å². The minimum atomic E-state index is -0.264. The predicted molar refractivity (Wildman–Crippen MR) is 117 cm³/mol. The summed E-state index contributed by atoms with van der Waals surface area (Å²) in [4.78, 5) is 18.9. The number of H-pyrrole nitrogens is 1. The zero-order valence-electron chi connectivity index (χ0n) is 17.2. The standard InChI is InChI=1S/C22H24N6O2/c1-14-12-25-27-19(14)15-4-6-16(7-5-15)26-20-17-8-9-23-13-18(17)30-21(20)22(29)24-10-11-28(2)3/h4-9,12-13,26H,10-11H2,1-3H3,(H,24,29)(H,25,27). The molecule has 8 heteroatoms. The van der Waals surface area contributed by atoms with Gasteiger partial charge in [-0.15, -0.1) is 0 Å². The molecule has 0 radical (unpaired) electrons. The van der Waals surface area contributed by atoms with Gasteiger partial charge in [0.25, 0.3) is 5.91 Å². The fraction of sp³-hybridized carbons (Fsp3) is 0.227. The average Bonchev–Trinajstić information content (AvgIpc) is 3.32. The van der Waals surface area contributed by atoms with Crippen LogP contribution in [-0.2, 0) is 0 Å². The first kappa shape index (κ1) is 19.7. The van der Waals surface area contributed by atoms with Crippen molar-refractivity contribution in [3.63, 3.8) is 0 Å². The van der Waals surface area contributed by atoms with Gasteiger partial charge >= 0.3 is 0 Å². The van der Waals surface area contributed by atoms with Crippen molar-refractivity contribution in [1.29, 1.82) is 0 Å². The van der Waals surface area contributed by atoms with E-state index in [0.717, 1.165) is 34.4 Å². The second kappa shape index (κ2) is 8.38. The van der Waals surface area contributed by atoms with Gasteiger partial charge in [0.2, 0.25) is 5.76 Å². The van der Waals surface area contributed by atoms with Crippen molar-refractivity contribution < 1.29 is 9.21 Å². The summed E-state index contributed by atoms with van der Waals surface area (Å²) in [5.41, 5.74) is 5.14. The molecule has 3 N–H and O–H groups in total. The largest absolute Gasteiger partial charge is 0.447 e. The minimum Gasteiger partial charge on any atom is -0.447 e. The second-order valence-corrected chi connectivity index (χ2v) is 7.37. The highest BCUT2D eigenvalue weighted by molar-refractivity contribution is 6.07. The van der Waals surface area contributed by atoms with E-state index in [1.807, 2.05) is 56.3 Å². The van der Waals surface area contributed by atoms with Crippen molar-refractivity contribution in [3.8, 4) is 11.3 Å². The number of hydrogen-bond donors (Lipinski definition) is 3. The zero-order valence-corrected chi connectivity index (χ0v) is 17.2. The maximum atomic E-state index is 12.8. The number of aromatic nitrogens is 3. The fourth-order valence-electron chi connectivity index (χ4n) is 3.21. The van der Waals surface area contributed by atoms with E-state index in [0.29, 0.717) is 17.8 Å². The first-order chi connectivity index (χ1) is 14.5.